The molecular formula is C13H22N4O8. The fourth-order valence-electron chi connectivity index (χ4n) is 1.80. The van der Waals surface area contributed by atoms with Crippen LogP contribution in [0.4, 0.5) is 0 Å². The van der Waals surface area contributed by atoms with E-state index in [9.17, 15) is 24.0 Å². The highest BCUT2D eigenvalue weighted by Crippen LogP contribution is 2.01. The van der Waals surface area contributed by atoms with Crippen molar-refractivity contribution in [3.8, 4) is 0 Å². The predicted molar refractivity (Wildman–Crippen MR) is 82.3 cm³/mol. The first-order valence-corrected chi connectivity index (χ1v) is 7.31. The Morgan fingerprint density at radius 3 is 1.80 bits per heavy atom. The Labute approximate surface area is 142 Å². The molecule has 25 heavy (non-hydrogen) atoms. The van der Waals surface area contributed by atoms with Crippen molar-refractivity contribution < 1.29 is 39.3 Å². The van der Waals surface area contributed by atoms with Gasteiger partial charge in [-0.2, -0.15) is 0 Å². The maximum absolute atomic E-state index is 12.1. The van der Waals surface area contributed by atoms with Gasteiger partial charge in [-0.05, 0) is 19.4 Å². The molecule has 0 aromatic rings. The topological polar surface area (TPSA) is 222 Å². The van der Waals surface area contributed by atoms with E-state index in [-0.39, 0.29) is 13.0 Å². The number of amides is 2. The van der Waals surface area contributed by atoms with E-state index >= 15 is 0 Å². The van der Waals surface area contributed by atoms with Gasteiger partial charge in [0, 0.05) is 0 Å². The molecule has 0 spiro atoms. The summed E-state index contributed by atoms with van der Waals surface area (Å²) in [5, 5.41) is 30.6. The molecule has 0 saturated heterocycles. The molecule has 0 aromatic heterocycles. The van der Waals surface area contributed by atoms with Crippen molar-refractivity contribution in [2.45, 2.75) is 43.8 Å². The molecule has 142 valence electrons. The van der Waals surface area contributed by atoms with Crippen LogP contribution in [0.25, 0.3) is 0 Å². The molecule has 0 heterocycles. The van der Waals surface area contributed by atoms with Crippen LogP contribution in [0.1, 0.15) is 25.7 Å². The van der Waals surface area contributed by atoms with Crippen LogP contribution in [0, 0.1) is 0 Å². The molecule has 0 fully saturated rings. The highest BCUT2D eigenvalue weighted by molar-refractivity contribution is 5.94. The van der Waals surface area contributed by atoms with E-state index in [4.69, 9.17) is 26.8 Å². The summed E-state index contributed by atoms with van der Waals surface area (Å²) < 4.78 is 0. The average molecular weight is 362 g/mol. The second-order valence-corrected chi connectivity index (χ2v) is 5.19. The first-order valence-electron chi connectivity index (χ1n) is 7.31. The number of carboxylic acids is 3. The quantitative estimate of drug-likeness (QED) is 0.187. The van der Waals surface area contributed by atoms with Crippen molar-refractivity contribution in [2.75, 3.05) is 6.54 Å². The van der Waals surface area contributed by atoms with E-state index in [2.05, 4.69) is 5.32 Å². The zero-order valence-corrected chi connectivity index (χ0v) is 13.3. The molecule has 3 atom stereocenters. The van der Waals surface area contributed by atoms with Crippen molar-refractivity contribution >= 4 is 29.7 Å². The summed E-state index contributed by atoms with van der Waals surface area (Å²) in [4.78, 5) is 56.3. The minimum Gasteiger partial charge on any atom is -0.481 e. The molecule has 0 bridgehead atoms. The first-order chi connectivity index (χ1) is 11.6. The van der Waals surface area contributed by atoms with Gasteiger partial charge in [0.25, 0.3) is 0 Å². The molecule has 0 aliphatic carbocycles. The Bertz CT molecular complexity index is 524. The molecule has 0 saturated carbocycles. The summed E-state index contributed by atoms with van der Waals surface area (Å²) in [6, 6.07) is -4.41. The SMILES string of the molecule is NCCC[C@H](NC(=O)[C@H](CC(=O)O)NC(=O)[C@@H](N)CC(=O)O)C(=O)O. The summed E-state index contributed by atoms with van der Waals surface area (Å²) in [5.41, 5.74) is 10.6. The van der Waals surface area contributed by atoms with Crippen molar-refractivity contribution in [1.82, 2.24) is 10.6 Å². The van der Waals surface area contributed by atoms with E-state index in [1.165, 1.54) is 0 Å². The van der Waals surface area contributed by atoms with Gasteiger partial charge in [-0.25, -0.2) is 4.79 Å². The third kappa shape index (κ3) is 9.22. The number of carbonyl (C=O) groups excluding carboxylic acids is 2. The largest absolute Gasteiger partial charge is 0.481 e. The van der Waals surface area contributed by atoms with E-state index in [0.717, 1.165) is 0 Å². The lowest BCUT2D eigenvalue weighted by atomic mass is 10.1. The second kappa shape index (κ2) is 10.9. The maximum atomic E-state index is 12.1. The third-order valence-electron chi connectivity index (χ3n) is 3.05. The fourth-order valence-corrected chi connectivity index (χ4v) is 1.80. The number of hydrogen-bond donors (Lipinski definition) is 7. The van der Waals surface area contributed by atoms with Gasteiger partial charge in [0.15, 0.2) is 0 Å². The fraction of sp³-hybridized carbons (Fsp3) is 0.615. The van der Waals surface area contributed by atoms with Crippen LogP contribution in [0.5, 0.6) is 0 Å². The Hall–Kier alpha value is -2.73. The Morgan fingerprint density at radius 2 is 1.36 bits per heavy atom. The van der Waals surface area contributed by atoms with E-state index < -0.39 is 60.7 Å². The lowest BCUT2D eigenvalue weighted by molar-refractivity contribution is -0.144. The summed E-state index contributed by atoms with van der Waals surface area (Å²) in [6.07, 6.45) is -1.23. The molecule has 12 nitrogen and oxygen atoms in total. The van der Waals surface area contributed by atoms with Gasteiger partial charge < -0.3 is 37.4 Å². The minimum absolute atomic E-state index is 0.0177. The number of carboxylic acid groups (broad SMARTS) is 3. The maximum Gasteiger partial charge on any atom is 0.326 e. The minimum atomic E-state index is -1.61. The van der Waals surface area contributed by atoms with Gasteiger partial charge in [0.2, 0.25) is 11.8 Å². The zero-order valence-electron chi connectivity index (χ0n) is 13.3. The Kier molecular flexibility index (Phi) is 9.74. The van der Waals surface area contributed by atoms with Gasteiger partial charge in [0.05, 0.1) is 18.9 Å². The van der Waals surface area contributed by atoms with Crippen LogP contribution in [-0.2, 0) is 24.0 Å². The zero-order chi connectivity index (χ0) is 19.6. The molecular weight excluding hydrogens is 340 g/mol. The number of nitrogens with two attached hydrogens (primary N) is 2. The average Bonchev–Trinajstić information content (AvgIpc) is 2.48. The van der Waals surface area contributed by atoms with Crippen LogP contribution in [0.2, 0.25) is 0 Å². The number of aliphatic carboxylic acids is 3. The number of carbonyl (C=O) groups is 5. The number of nitrogens with one attached hydrogen (secondary N) is 2. The highest BCUT2D eigenvalue weighted by Gasteiger charge is 2.29. The molecule has 9 N–H and O–H groups in total. The summed E-state index contributed by atoms with van der Waals surface area (Å²) >= 11 is 0. The summed E-state index contributed by atoms with van der Waals surface area (Å²) in [7, 11) is 0. The van der Waals surface area contributed by atoms with E-state index in [0.29, 0.717) is 6.42 Å². The lowest BCUT2D eigenvalue weighted by Crippen LogP contribution is -2.55. The monoisotopic (exact) mass is 362 g/mol. The lowest BCUT2D eigenvalue weighted by Gasteiger charge is -2.21. The number of hydrogen-bond acceptors (Lipinski definition) is 7. The van der Waals surface area contributed by atoms with E-state index in [1.807, 2.05) is 5.32 Å². The van der Waals surface area contributed by atoms with Gasteiger partial charge in [-0.1, -0.05) is 0 Å². The standard InChI is InChI=1S/C13H22N4O8/c14-3-1-2-7(13(24)25)16-12(23)8(5-10(20)21)17-11(22)6(15)4-9(18)19/h6-8H,1-5,14-15H2,(H,16,23)(H,17,22)(H,18,19)(H,20,21)(H,24,25)/t6-,7-,8-/m0/s1. The Balaban J connectivity index is 5.01. The predicted octanol–water partition coefficient (Wildman–Crippen LogP) is -2.94. The molecule has 0 aliphatic rings. The summed E-state index contributed by atoms with van der Waals surface area (Å²) in [5.74, 6) is -6.21. The molecule has 0 aliphatic heterocycles. The highest BCUT2D eigenvalue weighted by atomic mass is 16.4. The van der Waals surface area contributed by atoms with E-state index in [1.54, 1.807) is 0 Å². The molecule has 0 unspecified atom stereocenters. The molecule has 12 heteroatoms. The van der Waals surface area contributed by atoms with Gasteiger partial charge in [0.1, 0.15) is 12.1 Å². The second-order valence-electron chi connectivity index (χ2n) is 5.19. The van der Waals surface area contributed by atoms with Crippen LogP contribution >= 0.6 is 0 Å². The smallest absolute Gasteiger partial charge is 0.326 e. The van der Waals surface area contributed by atoms with Crippen molar-refractivity contribution in [2.24, 2.45) is 11.5 Å². The molecule has 2 amide bonds. The normalized spacial score (nSPS) is 14.0. The van der Waals surface area contributed by atoms with Crippen molar-refractivity contribution in [3.63, 3.8) is 0 Å². The van der Waals surface area contributed by atoms with Crippen molar-refractivity contribution in [1.29, 1.82) is 0 Å². The summed E-state index contributed by atoms with van der Waals surface area (Å²) in [6.45, 7) is 0.193. The van der Waals surface area contributed by atoms with Crippen molar-refractivity contribution in [3.05, 3.63) is 0 Å². The Morgan fingerprint density at radius 1 is 0.840 bits per heavy atom. The molecule has 0 aromatic carbocycles. The van der Waals surface area contributed by atoms with Crippen LogP contribution < -0.4 is 22.1 Å². The van der Waals surface area contributed by atoms with Gasteiger partial charge >= 0.3 is 17.9 Å². The van der Waals surface area contributed by atoms with Crippen LogP contribution in [0.3, 0.4) is 0 Å². The van der Waals surface area contributed by atoms with Gasteiger partial charge in [-0.15, -0.1) is 0 Å². The number of rotatable bonds is 12. The molecule has 0 radical (unpaired) electrons. The third-order valence-corrected chi connectivity index (χ3v) is 3.05. The molecule has 0 rings (SSSR count). The van der Waals surface area contributed by atoms with Crippen LogP contribution in [0.15, 0.2) is 0 Å². The van der Waals surface area contributed by atoms with Crippen LogP contribution in [-0.4, -0.2) is 69.7 Å². The first kappa shape index (κ1) is 22.3. The van der Waals surface area contributed by atoms with Gasteiger partial charge in [-0.3, -0.25) is 19.2 Å².